The monoisotopic (exact) mass is 550 g/mol. The zero-order chi connectivity index (χ0) is 26.1. The Labute approximate surface area is 225 Å². The van der Waals surface area contributed by atoms with Gasteiger partial charge in [0, 0.05) is 26.9 Å². The number of thiophene rings is 1. The molecule has 3 aromatic carbocycles. The fourth-order valence-electron chi connectivity index (χ4n) is 3.97. The molecule has 184 valence electrons. The highest BCUT2D eigenvalue weighted by Gasteiger charge is 2.24. The molecule has 0 atom stereocenters. The van der Waals surface area contributed by atoms with Crippen molar-refractivity contribution in [1.82, 2.24) is 4.98 Å². The molecule has 9 heteroatoms. The lowest BCUT2D eigenvalue weighted by molar-refractivity contribution is 0.0603. The van der Waals surface area contributed by atoms with Gasteiger partial charge in [-0.15, -0.1) is 11.3 Å². The molecule has 0 unspecified atom stereocenters. The zero-order valence-electron chi connectivity index (χ0n) is 19.2. The lowest BCUT2D eigenvalue weighted by Crippen LogP contribution is -2.15. The number of hydrogen-bond acceptors (Lipinski definition) is 5. The number of halogens is 3. The number of fused-ring (bicyclic) bond motifs is 1. The number of carbonyl (C=O) groups is 2. The molecule has 0 aliphatic rings. The van der Waals surface area contributed by atoms with Crippen LogP contribution < -0.4 is 5.32 Å². The Hall–Kier alpha value is -3.78. The van der Waals surface area contributed by atoms with Gasteiger partial charge in [0.1, 0.15) is 16.4 Å². The fourth-order valence-corrected chi connectivity index (χ4v) is 5.42. The number of pyridine rings is 1. The molecule has 2 heterocycles. The second-order valence-electron chi connectivity index (χ2n) is 8.00. The van der Waals surface area contributed by atoms with Crippen LogP contribution in [0.3, 0.4) is 0 Å². The third-order valence-electron chi connectivity index (χ3n) is 5.73. The third kappa shape index (κ3) is 4.93. The summed E-state index contributed by atoms with van der Waals surface area (Å²) >= 11 is 13.6. The van der Waals surface area contributed by atoms with E-state index in [-0.39, 0.29) is 5.56 Å². The first-order chi connectivity index (χ1) is 17.9. The predicted octanol–water partition coefficient (Wildman–Crippen LogP) is 8.12. The molecule has 1 amide bonds. The number of nitrogens with zero attached hydrogens (tertiary/aromatic N) is 1. The number of anilines is 1. The van der Waals surface area contributed by atoms with Gasteiger partial charge >= 0.3 is 5.97 Å². The summed E-state index contributed by atoms with van der Waals surface area (Å²) in [5.41, 5.74) is 3.40. The Balaban J connectivity index is 1.59. The average molecular weight is 551 g/mol. The molecule has 1 N–H and O–H groups in total. The van der Waals surface area contributed by atoms with Gasteiger partial charge in [-0.05, 0) is 48.0 Å². The number of aromatic nitrogens is 1. The lowest BCUT2D eigenvalue weighted by atomic mass is 10.0. The van der Waals surface area contributed by atoms with Crippen LogP contribution in [0.15, 0.2) is 78.2 Å². The molecule has 0 spiro atoms. The summed E-state index contributed by atoms with van der Waals surface area (Å²) in [6.07, 6.45) is 0. The van der Waals surface area contributed by atoms with Gasteiger partial charge in [-0.1, -0.05) is 53.5 Å². The highest BCUT2D eigenvalue weighted by molar-refractivity contribution is 7.15. The number of rotatable bonds is 5. The van der Waals surface area contributed by atoms with Crippen LogP contribution in [0.5, 0.6) is 0 Å². The number of hydrogen-bond donors (Lipinski definition) is 1. The standard InChI is InChI=1S/C28H17Cl2FN2O3S/c1-36-28(35)25-21(15-6-9-17(31)10-7-15)14-37-27(25)33-26(34)20-13-24(19-11-8-16(29)12-22(19)30)32-23-5-3-2-4-18(20)23/h2-14H,1H3,(H,33,34). The largest absolute Gasteiger partial charge is 0.465 e. The number of esters is 1. The van der Waals surface area contributed by atoms with E-state index in [0.717, 1.165) is 0 Å². The summed E-state index contributed by atoms with van der Waals surface area (Å²) in [5, 5.41) is 6.40. The lowest BCUT2D eigenvalue weighted by Gasteiger charge is -2.12. The Kier molecular flexibility index (Phi) is 6.93. The van der Waals surface area contributed by atoms with Crippen molar-refractivity contribution in [1.29, 1.82) is 0 Å². The van der Waals surface area contributed by atoms with E-state index in [0.29, 0.717) is 53.9 Å². The zero-order valence-corrected chi connectivity index (χ0v) is 21.5. The van der Waals surface area contributed by atoms with E-state index in [1.807, 2.05) is 12.1 Å². The van der Waals surface area contributed by atoms with Gasteiger partial charge in [0.2, 0.25) is 0 Å². The topological polar surface area (TPSA) is 68.3 Å². The van der Waals surface area contributed by atoms with Crippen molar-refractivity contribution in [2.75, 3.05) is 12.4 Å². The van der Waals surface area contributed by atoms with Gasteiger partial charge < -0.3 is 10.1 Å². The number of benzene rings is 3. The molecular formula is C28H17Cl2FN2O3S. The van der Waals surface area contributed by atoms with Gasteiger partial charge in [0.25, 0.3) is 5.91 Å². The molecule has 0 radical (unpaired) electrons. The number of ether oxygens (including phenoxy) is 1. The van der Waals surface area contributed by atoms with E-state index < -0.39 is 17.7 Å². The SMILES string of the molecule is COC(=O)c1c(-c2ccc(F)cc2)csc1NC(=O)c1cc(-c2ccc(Cl)cc2Cl)nc2ccccc12. The minimum atomic E-state index is -0.621. The number of carbonyl (C=O) groups excluding carboxylic acids is 2. The second kappa shape index (κ2) is 10.3. The maximum Gasteiger partial charge on any atom is 0.341 e. The molecule has 5 rings (SSSR count). The summed E-state index contributed by atoms with van der Waals surface area (Å²) in [6, 6.07) is 19.7. The van der Waals surface area contributed by atoms with E-state index in [9.17, 15) is 14.0 Å². The minimum Gasteiger partial charge on any atom is -0.465 e. The summed E-state index contributed by atoms with van der Waals surface area (Å²) in [6.45, 7) is 0. The van der Waals surface area contributed by atoms with E-state index in [4.69, 9.17) is 27.9 Å². The van der Waals surface area contributed by atoms with Crippen molar-refractivity contribution in [2.24, 2.45) is 0 Å². The molecule has 0 saturated carbocycles. The van der Waals surface area contributed by atoms with Crippen LogP contribution in [0, 0.1) is 5.82 Å². The Morgan fingerprint density at radius 3 is 2.46 bits per heavy atom. The summed E-state index contributed by atoms with van der Waals surface area (Å²) in [7, 11) is 1.26. The van der Waals surface area contributed by atoms with Crippen LogP contribution in [-0.2, 0) is 4.74 Å². The molecule has 0 aliphatic carbocycles. The maximum atomic E-state index is 13.6. The normalized spacial score (nSPS) is 10.9. The fraction of sp³-hybridized carbons (Fsp3) is 0.0357. The number of amides is 1. The predicted molar refractivity (Wildman–Crippen MR) is 146 cm³/mol. The van der Waals surface area contributed by atoms with E-state index in [1.54, 1.807) is 53.9 Å². The highest BCUT2D eigenvalue weighted by atomic mass is 35.5. The van der Waals surface area contributed by atoms with Crippen LogP contribution in [0.2, 0.25) is 10.0 Å². The van der Waals surface area contributed by atoms with Crippen LogP contribution in [0.4, 0.5) is 9.39 Å². The summed E-state index contributed by atoms with van der Waals surface area (Å²) in [5.74, 6) is -1.46. The molecule has 37 heavy (non-hydrogen) atoms. The Morgan fingerprint density at radius 1 is 0.973 bits per heavy atom. The molecule has 0 bridgehead atoms. The molecule has 5 nitrogen and oxygen atoms in total. The Bertz CT molecular complexity index is 1670. The maximum absolute atomic E-state index is 13.6. The van der Waals surface area contributed by atoms with Gasteiger partial charge in [-0.25, -0.2) is 14.2 Å². The van der Waals surface area contributed by atoms with E-state index in [2.05, 4.69) is 10.3 Å². The van der Waals surface area contributed by atoms with Crippen LogP contribution in [0.1, 0.15) is 20.7 Å². The van der Waals surface area contributed by atoms with Crippen molar-refractivity contribution in [3.63, 3.8) is 0 Å². The summed E-state index contributed by atoms with van der Waals surface area (Å²) in [4.78, 5) is 31.0. The molecule has 5 aromatic rings. The molecular weight excluding hydrogens is 534 g/mol. The molecule has 0 saturated heterocycles. The van der Waals surface area contributed by atoms with Crippen molar-refractivity contribution in [2.45, 2.75) is 0 Å². The second-order valence-corrected chi connectivity index (χ2v) is 9.73. The first-order valence-electron chi connectivity index (χ1n) is 11.0. The van der Waals surface area contributed by atoms with Gasteiger partial charge in [0.05, 0.1) is 28.9 Å². The Morgan fingerprint density at radius 2 is 1.73 bits per heavy atom. The van der Waals surface area contributed by atoms with Crippen molar-refractivity contribution in [3.05, 3.63) is 105 Å². The van der Waals surface area contributed by atoms with Crippen LogP contribution in [0.25, 0.3) is 33.3 Å². The van der Waals surface area contributed by atoms with Gasteiger partial charge in [0.15, 0.2) is 0 Å². The van der Waals surface area contributed by atoms with Gasteiger partial charge in [-0.3, -0.25) is 4.79 Å². The van der Waals surface area contributed by atoms with E-state index >= 15 is 0 Å². The van der Waals surface area contributed by atoms with Gasteiger partial charge in [-0.2, -0.15) is 0 Å². The first-order valence-corrected chi connectivity index (χ1v) is 12.6. The number of para-hydroxylation sites is 1. The first kappa shape index (κ1) is 24.9. The van der Waals surface area contributed by atoms with Crippen molar-refractivity contribution in [3.8, 4) is 22.4 Å². The molecule has 0 aliphatic heterocycles. The third-order valence-corrected chi connectivity index (χ3v) is 7.17. The average Bonchev–Trinajstić information content (AvgIpc) is 3.31. The van der Waals surface area contributed by atoms with Crippen molar-refractivity contribution >= 4 is 62.3 Å². The van der Waals surface area contributed by atoms with Crippen LogP contribution in [-0.4, -0.2) is 24.0 Å². The van der Waals surface area contributed by atoms with Crippen LogP contribution >= 0.6 is 34.5 Å². The minimum absolute atomic E-state index is 0.187. The number of methoxy groups -OCH3 is 1. The highest BCUT2D eigenvalue weighted by Crippen LogP contribution is 2.37. The summed E-state index contributed by atoms with van der Waals surface area (Å²) < 4.78 is 18.4. The quantitative estimate of drug-likeness (QED) is 0.224. The smallest absolute Gasteiger partial charge is 0.341 e. The number of nitrogens with one attached hydrogen (secondary N) is 1. The van der Waals surface area contributed by atoms with E-state index in [1.165, 1.54) is 30.6 Å². The molecule has 0 fully saturated rings. The van der Waals surface area contributed by atoms with Crippen molar-refractivity contribution < 1.29 is 18.7 Å². The molecule has 2 aromatic heterocycles.